The van der Waals surface area contributed by atoms with Gasteiger partial charge in [-0.1, -0.05) is 6.42 Å². The fourth-order valence-corrected chi connectivity index (χ4v) is 3.27. The zero-order valence-corrected chi connectivity index (χ0v) is 16.6. The summed E-state index contributed by atoms with van der Waals surface area (Å²) in [7, 11) is 0. The Hall–Kier alpha value is -3.65. The molecular weight excluding hydrogens is 384 g/mol. The molecule has 0 aromatic carbocycles. The lowest BCUT2D eigenvalue weighted by atomic mass is 10.0. The number of rotatable bonds is 7. The standard InChI is InChI=1S/C19H22N10O/c1-12-26-29-19(30-12)18-15(22-7-5-13-4-2-3-6-21-13)8-16(27-28-18)25-17-11-23-14(9-20)10-24-17/h8,10-11,13,21H,2-7H2,1H3,(H2,22,24,25,27). The van der Waals surface area contributed by atoms with Crippen LogP contribution in [-0.4, -0.2) is 49.5 Å². The number of hydrogen-bond acceptors (Lipinski definition) is 11. The summed E-state index contributed by atoms with van der Waals surface area (Å²) in [5.74, 6) is 1.71. The first-order valence-corrected chi connectivity index (χ1v) is 9.86. The summed E-state index contributed by atoms with van der Waals surface area (Å²) in [6, 6.07) is 4.27. The van der Waals surface area contributed by atoms with Crippen molar-refractivity contribution < 1.29 is 4.42 Å². The van der Waals surface area contributed by atoms with Gasteiger partial charge < -0.3 is 20.4 Å². The Morgan fingerprint density at radius 1 is 1.17 bits per heavy atom. The highest BCUT2D eigenvalue weighted by atomic mass is 16.4. The van der Waals surface area contributed by atoms with E-state index in [1.807, 2.05) is 12.1 Å². The Bertz CT molecular complexity index is 1020. The molecule has 3 aromatic heterocycles. The highest BCUT2D eigenvalue weighted by Gasteiger charge is 2.17. The van der Waals surface area contributed by atoms with Crippen LogP contribution in [0.3, 0.4) is 0 Å². The predicted octanol–water partition coefficient (Wildman–Crippen LogP) is 2.18. The summed E-state index contributed by atoms with van der Waals surface area (Å²) < 4.78 is 5.54. The van der Waals surface area contributed by atoms with Crippen molar-refractivity contribution in [1.82, 2.24) is 35.7 Å². The van der Waals surface area contributed by atoms with Crippen molar-refractivity contribution in [1.29, 1.82) is 5.26 Å². The summed E-state index contributed by atoms with van der Waals surface area (Å²) >= 11 is 0. The molecule has 0 amide bonds. The molecular formula is C19H22N10O. The smallest absolute Gasteiger partial charge is 0.270 e. The molecule has 0 saturated carbocycles. The van der Waals surface area contributed by atoms with E-state index >= 15 is 0 Å². The van der Waals surface area contributed by atoms with Crippen molar-refractivity contribution in [2.45, 2.75) is 38.6 Å². The number of aryl methyl sites for hydroxylation is 1. The van der Waals surface area contributed by atoms with E-state index in [2.05, 4.69) is 46.3 Å². The minimum atomic E-state index is 0.243. The van der Waals surface area contributed by atoms with E-state index in [0.717, 1.165) is 25.2 Å². The number of nitrogens with zero attached hydrogens (tertiary/aromatic N) is 7. The average Bonchev–Trinajstić information content (AvgIpc) is 3.21. The summed E-state index contributed by atoms with van der Waals surface area (Å²) in [5.41, 5.74) is 1.46. The molecule has 3 N–H and O–H groups in total. The monoisotopic (exact) mass is 406 g/mol. The molecule has 1 fully saturated rings. The number of nitrogens with one attached hydrogen (secondary N) is 3. The zero-order chi connectivity index (χ0) is 20.8. The molecule has 0 bridgehead atoms. The minimum Gasteiger partial charge on any atom is -0.419 e. The molecule has 1 unspecified atom stereocenters. The third-order valence-electron chi connectivity index (χ3n) is 4.77. The lowest BCUT2D eigenvalue weighted by Crippen LogP contribution is -2.35. The number of piperidine rings is 1. The molecule has 11 heteroatoms. The van der Waals surface area contributed by atoms with Crippen LogP contribution in [0.1, 0.15) is 37.3 Å². The second-order valence-electron chi connectivity index (χ2n) is 7.00. The first kappa shape index (κ1) is 19.7. The van der Waals surface area contributed by atoms with Gasteiger partial charge in [0.1, 0.15) is 11.9 Å². The van der Waals surface area contributed by atoms with Crippen molar-refractivity contribution in [3.63, 3.8) is 0 Å². The second kappa shape index (κ2) is 9.23. The molecule has 30 heavy (non-hydrogen) atoms. The lowest BCUT2D eigenvalue weighted by molar-refractivity contribution is 0.389. The van der Waals surface area contributed by atoms with Gasteiger partial charge in [-0.15, -0.1) is 20.4 Å². The molecule has 0 aliphatic carbocycles. The Kier molecular flexibility index (Phi) is 6.05. The first-order chi connectivity index (χ1) is 14.7. The Morgan fingerprint density at radius 2 is 2.10 bits per heavy atom. The maximum atomic E-state index is 8.84. The van der Waals surface area contributed by atoms with E-state index in [4.69, 9.17) is 9.68 Å². The first-order valence-electron chi connectivity index (χ1n) is 9.86. The van der Waals surface area contributed by atoms with Crippen LogP contribution >= 0.6 is 0 Å². The summed E-state index contributed by atoms with van der Waals surface area (Å²) in [6.07, 6.45) is 7.55. The van der Waals surface area contributed by atoms with Crippen LogP contribution in [0.4, 0.5) is 17.3 Å². The highest BCUT2D eigenvalue weighted by molar-refractivity contribution is 5.71. The van der Waals surface area contributed by atoms with Gasteiger partial charge in [-0.2, -0.15) is 5.26 Å². The van der Waals surface area contributed by atoms with Crippen molar-refractivity contribution in [3.8, 4) is 17.7 Å². The van der Waals surface area contributed by atoms with E-state index in [0.29, 0.717) is 35.2 Å². The fraction of sp³-hybridized carbons (Fsp3) is 0.421. The molecule has 0 spiro atoms. The van der Waals surface area contributed by atoms with Crippen molar-refractivity contribution in [3.05, 3.63) is 30.0 Å². The molecule has 11 nitrogen and oxygen atoms in total. The quantitative estimate of drug-likeness (QED) is 0.529. The fourth-order valence-electron chi connectivity index (χ4n) is 3.27. The molecule has 4 heterocycles. The van der Waals surface area contributed by atoms with E-state index < -0.39 is 0 Å². The minimum absolute atomic E-state index is 0.243. The molecule has 4 rings (SSSR count). The number of hydrogen-bond donors (Lipinski definition) is 3. The molecule has 1 atom stereocenters. The third kappa shape index (κ3) is 4.84. The van der Waals surface area contributed by atoms with Crippen LogP contribution < -0.4 is 16.0 Å². The highest BCUT2D eigenvalue weighted by Crippen LogP contribution is 2.27. The van der Waals surface area contributed by atoms with Crippen LogP contribution in [0, 0.1) is 18.3 Å². The van der Waals surface area contributed by atoms with E-state index in [-0.39, 0.29) is 5.69 Å². The Morgan fingerprint density at radius 3 is 2.80 bits per heavy atom. The van der Waals surface area contributed by atoms with E-state index in [9.17, 15) is 0 Å². The Labute approximate surface area is 173 Å². The van der Waals surface area contributed by atoms with Crippen molar-refractivity contribution >= 4 is 17.3 Å². The van der Waals surface area contributed by atoms with Gasteiger partial charge in [0.05, 0.1) is 18.1 Å². The van der Waals surface area contributed by atoms with E-state index in [1.165, 1.54) is 31.7 Å². The van der Waals surface area contributed by atoms with E-state index in [1.54, 1.807) is 6.92 Å². The average molecular weight is 406 g/mol. The second-order valence-corrected chi connectivity index (χ2v) is 7.00. The third-order valence-corrected chi connectivity index (χ3v) is 4.77. The number of aromatic nitrogens is 6. The Balaban J connectivity index is 1.51. The van der Waals surface area contributed by atoms with Crippen molar-refractivity contribution in [2.24, 2.45) is 0 Å². The van der Waals surface area contributed by atoms with Crippen LogP contribution in [0.15, 0.2) is 22.9 Å². The number of nitriles is 1. The van der Waals surface area contributed by atoms with Gasteiger partial charge >= 0.3 is 0 Å². The molecule has 1 saturated heterocycles. The summed E-state index contributed by atoms with van der Waals surface area (Å²) in [5, 5.41) is 35.3. The largest absolute Gasteiger partial charge is 0.419 e. The zero-order valence-electron chi connectivity index (χ0n) is 16.6. The lowest BCUT2D eigenvalue weighted by Gasteiger charge is -2.23. The molecule has 1 aliphatic heterocycles. The molecule has 1 aliphatic rings. The normalized spacial score (nSPS) is 16.1. The molecule has 3 aromatic rings. The number of anilines is 3. The van der Waals surface area contributed by atoms with Gasteiger partial charge in [0, 0.05) is 25.6 Å². The van der Waals surface area contributed by atoms with Gasteiger partial charge in [0.25, 0.3) is 5.89 Å². The van der Waals surface area contributed by atoms with Crippen molar-refractivity contribution in [2.75, 3.05) is 23.7 Å². The topological polar surface area (TPSA) is 150 Å². The van der Waals surface area contributed by atoms with Crippen LogP contribution in [0.2, 0.25) is 0 Å². The summed E-state index contributed by atoms with van der Waals surface area (Å²) in [6.45, 7) is 3.57. The maximum absolute atomic E-state index is 8.84. The summed E-state index contributed by atoms with van der Waals surface area (Å²) in [4.78, 5) is 8.14. The van der Waals surface area contributed by atoms with Crippen LogP contribution in [-0.2, 0) is 0 Å². The SMILES string of the molecule is Cc1nnc(-c2nnc(Nc3cnc(C#N)cn3)cc2NCCC2CCCCN2)o1. The van der Waals surface area contributed by atoms with Gasteiger partial charge in [-0.05, 0) is 25.8 Å². The van der Waals surface area contributed by atoms with Gasteiger partial charge in [0.2, 0.25) is 5.89 Å². The van der Waals surface area contributed by atoms with Gasteiger partial charge in [-0.25, -0.2) is 9.97 Å². The predicted molar refractivity (Wildman–Crippen MR) is 109 cm³/mol. The van der Waals surface area contributed by atoms with Gasteiger partial charge in [-0.3, -0.25) is 0 Å². The van der Waals surface area contributed by atoms with Gasteiger partial charge in [0.15, 0.2) is 17.2 Å². The van der Waals surface area contributed by atoms with Crippen LogP contribution in [0.25, 0.3) is 11.6 Å². The molecule has 0 radical (unpaired) electrons. The maximum Gasteiger partial charge on any atom is 0.270 e. The molecule has 154 valence electrons. The van der Waals surface area contributed by atoms with Crippen LogP contribution in [0.5, 0.6) is 0 Å².